The van der Waals surface area contributed by atoms with E-state index in [0.717, 1.165) is 16.2 Å². The Labute approximate surface area is 93.3 Å². The molecule has 0 saturated heterocycles. The second-order valence-electron chi connectivity index (χ2n) is 2.96. The highest BCUT2D eigenvalue weighted by molar-refractivity contribution is 7.10. The Morgan fingerprint density at radius 1 is 1.07 bits per heavy atom. The molecule has 2 heteroatoms. The number of methoxy groups -OCH3 is 1. The quantitative estimate of drug-likeness (QED) is 0.663. The van der Waals surface area contributed by atoms with E-state index in [1.54, 1.807) is 18.4 Å². The number of thiophene rings is 1. The predicted molar refractivity (Wildman–Crippen MR) is 63.3 cm³/mol. The Morgan fingerprint density at radius 3 is 2.47 bits per heavy atom. The van der Waals surface area contributed by atoms with E-state index in [-0.39, 0.29) is 0 Å². The zero-order valence-electron chi connectivity index (χ0n) is 8.36. The first-order valence-corrected chi connectivity index (χ1v) is 5.46. The highest BCUT2D eigenvalue weighted by atomic mass is 32.1. The van der Waals surface area contributed by atoms with Crippen molar-refractivity contribution in [3.05, 3.63) is 52.2 Å². The highest BCUT2D eigenvalue weighted by Gasteiger charge is 1.90. The summed E-state index contributed by atoms with van der Waals surface area (Å²) in [5.74, 6) is 7.07. The van der Waals surface area contributed by atoms with Gasteiger partial charge in [0.15, 0.2) is 0 Å². The molecule has 0 unspecified atom stereocenters. The summed E-state index contributed by atoms with van der Waals surface area (Å²) < 4.78 is 5.07. The van der Waals surface area contributed by atoms with Crippen LogP contribution in [0.1, 0.15) is 10.4 Å². The van der Waals surface area contributed by atoms with Crippen molar-refractivity contribution in [2.24, 2.45) is 0 Å². The first-order valence-electron chi connectivity index (χ1n) is 4.58. The fourth-order valence-corrected chi connectivity index (χ4v) is 1.73. The second kappa shape index (κ2) is 4.68. The van der Waals surface area contributed by atoms with Crippen LogP contribution in [-0.2, 0) is 0 Å². The largest absolute Gasteiger partial charge is 0.497 e. The fraction of sp³-hybridized carbons (Fsp3) is 0.0769. The molecule has 1 aromatic carbocycles. The summed E-state index contributed by atoms with van der Waals surface area (Å²) in [6, 6.07) is 11.8. The van der Waals surface area contributed by atoms with Gasteiger partial charge in [-0.25, -0.2) is 0 Å². The van der Waals surface area contributed by atoms with Gasteiger partial charge in [0.1, 0.15) is 5.75 Å². The molecule has 1 heterocycles. The average molecular weight is 214 g/mol. The van der Waals surface area contributed by atoms with Gasteiger partial charge in [-0.05, 0) is 35.7 Å². The molecule has 0 aliphatic rings. The van der Waals surface area contributed by atoms with Gasteiger partial charge < -0.3 is 4.74 Å². The Kier molecular flexibility index (Phi) is 3.06. The Hall–Kier alpha value is -1.72. The van der Waals surface area contributed by atoms with E-state index in [9.17, 15) is 0 Å². The van der Waals surface area contributed by atoms with Gasteiger partial charge >= 0.3 is 0 Å². The predicted octanol–water partition coefficient (Wildman–Crippen LogP) is 3.16. The summed E-state index contributed by atoms with van der Waals surface area (Å²) >= 11 is 1.65. The molecular weight excluding hydrogens is 204 g/mol. The van der Waals surface area contributed by atoms with Crippen LogP contribution in [0.5, 0.6) is 5.75 Å². The molecule has 0 aliphatic heterocycles. The van der Waals surface area contributed by atoms with Gasteiger partial charge in [0.25, 0.3) is 0 Å². The van der Waals surface area contributed by atoms with E-state index in [2.05, 4.69) is 11.8 Å². The van der Waals surface area contributed by atoms with Gasteiger partial charge in [-0.3, -0.25) is 0 Å². The topological polar surface area (TPSA) is 9.23 Å². The monoisotopic (exact) mass is 214 g/mol. The molecule has 2 aromatic rings. The van der Waals surface area contributed by atoms with Gasteiger partial charge in [0.2, 0.25) is 0 Å². The van der Waals surface area contributed by atoms with Crippen LogP contribution in [0.15, 0.2) is 41.8 Å². The smallest absolute Gasteiger partial charge is 0.118 e. The van der Waals surface area contributed by atoms with Crippen molar-refractivity contribution in [3.63, 3.8) is 0 Å². The molecule has 0 fully saturated rings. The van der Waals surface area contributed by atoms with Crippen LogP contribution >= 0.6 is 11.3 Å². The highest BCUT2D eigenvalue weighted by Crippen LogP contribution is 2.11. The van der Waals surface area contributed by atoms with E-state index in [1.165, 1.54) is 0 Å². The molecule has 0 amide bonds. The average Bonchev–Trinajstić information content (AvgIpc) is 2.80. The van der Waals surface area contributed by atoms with Crippen molar-refractivity contribution in [2.75, 3.05) is 7.11 Å². The lowest BCUT2D eigenvalue weighted by Crippen LogP contribution is -1.81. The summed E-state index contributed by atoms with van der Waals surface area (Å²) in [6.45, 7) is 0. The number of benzene rings is 1. The van der Waals surface area contributed by atoms with E-state index in [0.29, 0.717) is 0 Å². The van der Waals surface area contributed by atoms with Crippen LogP contribution in [0.25, 0.3) is 0 Å². The third kappa shape index (κ3) is 2.61. The van der Waals surface area contributed by atoms with E-state index in [1.807, 2.05) is 41.8 Å². The molecule has 0 atom stereocenters. The van der Waals surface area contributed by atoms with Crippen LogP contribution in [0.4, 0.5) is 0 Å². The molecule has 0 bridgehead atoms. The summed E-state index contributed by atoms with van der Waals surface area (Å²) in [7, 11) is 1.66. The maximum absolute atomic E-state index is 5.07. The maximum atomic E-state index is 5.07. The van der Waals surface area contributed by atoms with Crippen molar-refractivity contribution in [2.45, 2.75) is 0 Å². The lowest BCUT2D eigenvalue weighted by Gasteiger charge is -1.97. The molecule has 0 radical (unpaired) electrons. The van der Waals surface area contributed by atoms with Crippen molar-refractivity contribution < 1.29 is 4.74 Å². The van der Waals surface area contributed by atoms with Crippen LogP contribution < -0.4 is 4.74 Å². The fourth-order valence-electron chi connectivity index (χ4n) is 1.16. The zero-order valence-corrected chi connectivity index (χ0v) is 9.17. The molecule has 74 valence electrons. The first kappa shape index (κ1) is 9.82. The van der Waals surface area contributed by atoms with E-state index in [4.69, 9.17) is 4.74 Å². The Morgan fingerprint density at radius 2 is 1.87 bits per heavy atom. The number of hydrogen-bond donors (Lipinski definition) is 0. The van der Waals surface area contributed by atoms with Gasteiger partial charge in [-0.2, -0.15) is 0 Å². The minimum atomic E-state index is 0.858. The van der Waals surface area contributed by atoms with Gasteiger partial charge in [0, 0.05) is 5.56 Å². The number of ether oxygens (including phenoxy) is 1. The lowest BCUT2D eigenvalue weighted by atomic mass is 10.2. The molecule has 1 nitrogen and oxygen atoms in total. The van der Waals surface area contributed by atoms with Crippen molar-refractivity contribution in [1.82, 2.24) is 0 Å². The lowest BCUT2D eigenvalue weighted by molar-refractivity contribution is 0.415. The van der Waals surface area contributed by atoms with Crippen molar-refractivity contribution >= 4 is 11.3 Å². The van der Waals surface area contributed by atoms with Gasteiger partial charge in [-0.15, -0.1) is 11.3 Å². The van der Waals surface area contributed by atoms with E-state index >= 15 is 0 Å². The van der Waals surface area contributed by atoms with Gasteiger partial charge in [-0.1, -0.05) is 17.9 Å². The summed E-state index contributed by atoms with van der Waals surface area (Å²) in [4.78, 5) is 1.09. The molecule has 2 rings (SSSR count). The first-order chi connectivity index (χ1) is 7.38. The molecule has 0 N–H and O–H groups in total. The Bertz CT molecular complexity index is 471. The van der Waals surface area contributed by atoms with Crippen LogP contribution in [0, 0.1) is 11.8 Å². The number of hydrogen-bond acceptors (Lipinski definition) is 2. The standard InChI is InChI=1S/C13H10OS/c1-14-12-7-4-11(5-8-12)6-9-13-3-2-10-15-13/h2-5,7-8,10H,1H3. The number of rotatable bonds is 1. The molecule has 0 saturated carbocycles. The van der Waals surface area contributed by atoms with Crippen molar-refractivity contribution in [1.29, 1.82) is 0 Å². The normalized spacial score (nSPS) is 9.13. The second-order valence-corrected chi connectivity index (χ2v) is 3.90. The SMILES string of the molecule is COc1ccc(C#Cc2cccs2)cc1. The van der Waals surface area contributed by atoms with Crippen LogP contribution in [-0.4, -0.2) is 7.11 Å². The summed E-state index contributed by atoms with van der Waals surface area (Å²) in [5.41, 5.74) is 1.00. The molecule has 0 aliphatic carbocycles. The maximum Gasteiger partial charge on any atom is 0.118 e. The summed E-state index contributed by atoms with van der Waals surface area (Å²) in [5, 5.41) is 2.03. The molecule has 0 spiro atoms. The minimum Gasteiger partial charge on any atom is -0.497 e. The van der Waals surface area contributed by atoms with Crippen LogP contribution in [0.3, 0.4) is 0 Å². The Balaban J connectivity index is 2.17. The third-order valence-electron chi connectivity index (χ3n) is 1.94. The van der Waals surface area contributed by atoms with Crippen LogP contribution in [0.2, 0.25) is 0 Å². The molecule has 15 heavy (non-hydrogen) atoms. The minimum absolute atomic E-state index is 0.858. The molecule has 1 aromatic heterocycles. The summed E-state index contributed by atoms with van der Waals surface area (Å²) in [6.07, 6.45) is 0. The third-order valence-corrected chi connectivity index (χ3v) is 2.73. The zero-order chi connectivity index (χ0) is 10.5. The van der Waals surface area contributed by atoms with Gasteiger partial charge in [0.05, 0.1) is 12.0 Å². The van der Waals surface area contributed by atoms with E-state index < -0.39 is 0 Å². The van der Waals surface area contributed by atoms with Crippen molar-refractivity contribution in [3.8, 4) is 17.6 Å². The molecular formula is C13H10OS.